The molecule has 2 aromatic rings. The van der Waals surface area contributed by atoms with Gasteiger partial charge in [0.25, 0.3) is 0 Å². The summed E-state index contributed by atoms with van der Waals surface area (Å²) >= 11 is 0. The lowest BCUT2D eigenvalue weighted by molar-refractivity contribution is 0.0972. The van der Waals surface area contributed by atoms with Crippen LogP contribution in [0.2, 0.25) is 0 Å². The summed E-state index contributed by atoms with van der Waals surface area (Å²) in [5, 5.41) is 4.42. The van der Waals surface area contributed by atoms with Crippen molar-refractivity contribution in [2.75, 3.05) is 13.1 Å². The van der Waals surface area contributed by atoms with Crippen LogP contribution in [0.5, 0.6) is 0 Å². The Morgan fingerprint density at radius 1 is 1.25 bits per heavy atom. The number of carbonyl (C=O) groups is 1. The zero-order valence-corrected chi connectivity index (χ0v) is 14.7. The lowest BCUT2D eigenvalue weighted by atomic mass is 9.90. The number of unbranched alkanes of at least 4 members (excludes halogenated alkanes) is 1. The molecule has 24 heavy (non-hydrogen) atoms. The monoisotopic (exact) mass is 324 g/mol. The fraction of sp³-hybridized carbons (Fsp3) is 0.524. The van der Waals surface area contributed by atoms with E-state index in [1.165, 1.54) is 31.2 Å². The quantitative estimate of drug-likeness (QED) is 0.760. The molecule has 0 aliphatic carbocycles. The minimum atomic E-state index is 0.272. The van der Waals surface area contributed by atoms with Gasteiger partial charge in [0.2, 0.25) is 0 Å². The molecule has 1 aromatic carbocycles. The number of ketones is 1. The molecule has 0 atom stereocenters. The SMILES string of the molecule is CCCCc1ccc2nccc(C(=O)CCC3CCNCC3)c2c1. The predicted molar refractivity (Wildman–Crippen MR) is 99.5 cm³/mol. The number of hydrogen-bond acceptors (Lipinski definition) is 3. The van der Waals surface area contributed by atoms with Crippen molar-refractivity contribution in [2.45, 2.75) is 51.9 Å². The minimum absolute atomic E-state index is 0.272. The third-order valence-electron chi connectivity index (χ3n) is 5.16. The highest BCUT2D eigenvalue weighted by atomic mass is 16.1. The number of aromatic nitrogens is 1. The van der Waals surface area contributed by atoms with E-state index in [2.05, 4.69) is 35.4 Å². The lowest BCUT2D eigenvalue weighted by Gasteiger charge is -2.22. The van der Waals surface area contributed by atoms with E-state index in [-0.39, 0.29) is 5.78 Å². The molecule has 0 spiro atoms. The number of rotatable bonds is 7. The number of pyridine rings is 1. The summed E-state index contributed by atoms with van der Waals surface area (Å²) in [6.45, 7) is 4.40. The molecule has 0 unspecified atom stereocenters. The Morgan fingerprint density at radius 3 is 2.88 bits per heavy atom. The summed E-state index contributed by atoms with van der Waals surface area (Å²) in [7, 11) is 0. The molecule has 0 saturated carbocycles. The fourth-order valence-corrected chi connectivity index (χ4v) is 3.61. The highest BCUT2D eigenvalue weighted by molar-refractivity contribution is 6.07. The molecule has 1 aromatic heterocycles. The molecular weight excluding hydrogens is 296 g/mol. The van der Waals surface area contributed by atoms with E-state index in [1.54, 1.807) is 6.20 Å². The average Bonchev–Trinajstić information content (AvgIpc) is 2.64. The Bertz CT molecular complexity index is 689. The first-order valence-electron chi connectivity index (χ1n) is 9.39. The van der Waals surface area contributed by atoms with Crippen LogP contribution >= 0.6 is 0 Å². The molecule has 3 nitrogen and oxygen atoms in total. The van der Waals surface area contributed by atoms with Crippen molar-refractivity contribution < 1.29 is 4.79 Å². The molecule has 1 aliphatic rings. The van der Waals surface area contributed by atoms with Gasteiger partial charge in [0.15, 0.2) is 5.78 Å². The highest BCUT2D eigenvalue weighted by Gasteiger charge is 2.16. The van der Waals surface area contributed by atoms with E-state index in [4.69, 9.17) is 0 Å². The van der Waals surface area contributed by atoms with Gasteiger partial charge in [-0.1, -0.05) is 19.4 Å². The van der Waals surface area contributed by atoms with Gasteiger partial charge >= 0.3 is 0 Å². The standard InChI is InChI=1S/C21H28N2O/c1-2-3-4-17-5-7-20-19(15-17)18(11-14-23-20)21(24)8-6-16-9-12-22-13-10-16/h5,7,11,14-16,22H,2-4,6,8-10,12-13H2,1H3. The first-order chi connectivity index (χ1) is 11.8. The molecule has 0 radical (unpaired) electrons. The van der Waals surface area contributed by atoms with Gasteiger partial charge in [-0.3, -0.25) is 9.78 Å². The van der Waals surface area contributed by atoms with Gasteiger partial charge in [-0.15, -0.1) is 0 Å². The van der Waals surface area contributed by atoms with Crippen LogP contribution < -0.4 is 5.32 Å². The van der Waals surface area contributed by atoms with Crippen LogP contribution in [0, 0.1) is 5.92 Å². The summed E-state index contributed by atoms with van der Waals surface area (Å²) < 4.78 is 0. The van der Waals surface area contributed by atoms with Crippen LogP contribution in [-0.2, 0) is 6.42 Å². The Labute approximate surface area is 144 Å². The van der Waals surface area contributed by atoms with E-state index in [1.807, 2.05) is 6.07 Å². The molecule has 2 heterocycles. The van der Waals surface area contributed by atoms with E-state index < -0.39 is 0 Å². The third-order valence-corrected chi connectivity index (χ3v) is 5.16. The Kier molecular flexibility index (Phi) is 5.97. The van der Waals surface area contributed by atoms with Crippen LogP contribution in [0.25, 0.3) is 10.9 Å². The highest BCUT2D eigenvalue weighted by Crippen LogP contribution is 2.24. The molecule has 3 rings (SSSR count). The van der Waals surface area contributed by atoms with Crippen molar-refractivity contribution in [2.24, 2.45) is 5.92 Å². The maximum Gasteiger partial charge on any atom is 0.163 e. The molecule has 0 bridgehead atoms. The number of Topliss-reactive ketones (excluding diaryl/α,β-unsaturated/α-hetero) is 1. The van der Waals surface area contributed by atoms with Crippen molar-refractivity contribution in [1.82, 2.24) is 10.3 Å². The maximum atomic E-state index is 12.8. The van der Waals surface area contributed by atoms with Crippen LogP contribution in [0.4, 0.5) is 0 Å². The topological polar surface area (TPSA) is 42.0 Å². The molecule has 3 heteroatoms. The van der Waals surface area contributed by atoms with Gasteiger partial charge in [0, 0.05) is 23.6 Å². The fourth-order valence-electron chi connectivity index (χ4n) is 3.61. The summed E-state index contributed by atoms with van der Waals surface area (Å²) in [6.07, 6.45) is 9.29. The zero-order valence-electron chi connectivity index (χ0n) is 14.7. The van der Waals surface area contributed by atoms with Crippen molar-refractivity contribution in [3.05, 3.63) is 41.6 Å². The second-order valence-electron chi connectivity index (χ2n) is 6.97. The first kappa shape index (κ1) is 17.1. The molecule has 1 saturated heterocycles. The van der Waals surface area contributed by atoms with Crippen LogP contribution in [0.3, 0.4) is 0 Å². The van der Waals surface area contributed by atoms with Gasteiger partial charge in [-0.25, -0.2) is 0 Å². The van der Waals surface area contributed by atoms with Gasteiger partial charge < -0.3 is 5.32 Å². The number of piperidine rings is 1. The summed E-state index contributed by atoms with van der Waals surface area (Å²) in [6, 6.07) is 8.28. The minimum Gasteiger partial charge on any atom is -0.317 e. The number of nitrogens with one attached hydrogen (secondary N) is 1. The summed E-state index contributed by atoms with van der Waals surface area (Å²) in [5.41, 5.74) is 3.10. The predicted octanol–water partition coefficient (Wildman–Crippen LogP) is 4.54. The van der Waals surface area contributed by atoms with Crippen molar-refractivity contribution >= 4 is 16.7 Å². The molecule has 0 amide bonds. The Hall–Kier alpha value is -1.74. The molecule has 1 aliphatic heterocycles. The van der Waals surface area contributed by atoms with Crippen LogP contribution in [-0.4, -0.2) is 23.9 Å². The van der Waals surface area contributed by atoms with E-state index >= 15 is 0 Å². The molecular formula is C21H28N2O. The first-order valence-corrected chi connectivity index (χ1v) is 9.39. The summed E-state index contributed by atoms with van der Waals surface area (Å²) in [4.78, 5) is 17.2. The smallest absolute Gasteiger partial charge is 0.163 e. The second kappa shape index (κ2) is 8.39. The van der Waals surface area contributed by atoms with Crippen LogP contribution in [0.15, 0.2) is 30.5 Å². The normalized spacial score (nSPS) is 15.7. The Morgan fingerprint density at radius 2 is 2.08 bits per heavy atom. The molecule has 1 fully saturated rings. The van der Waals surface area contributed by atoms with Crippen molar-refractivity contribution in [1.29, 1.82) is 0 Å². The second-order valence-corrected chi connectivity index (χ2v) is 6.97. The summed E-state index contributed by atoms with van der Waals surface area (Å²) in [5.74, 6) is 0.969. The van der Waals surface area contributed by atoms with E-state index in [0.29, 0.717) is 12.3 Å². The average molecular weight is 324 g/mol. The van der Waals surface area contributed by atoms with Gasteiger partial charge in [0.05, 0.1) is 5.52 Å². The van der Waals surface area contributed by atoms with Crippen molar-refractivity contribution in [3.8, 4) is 0 Å². The van der Waals surface area contributed by atoms with Crippen molar-refractivity contribution in [3.63, 3.8) is 0 Å². The Balaban J connectivity index is 1.75. The van der Waals surface area contributed by atoms with Crippen LogP contribution in [0.1, 0.15) is 61.4 Å². The number of benzene rings is 1. The number of hydrogen-bond donors (Lipinski definition) is 1. The largest absolute Gasteiger partial charge is 0.317 e. The number of nitrogens with zero attached hydrogens (tertiary/aromatic N) is 1. The molecule has 1 N–H and O–H groups in total. The van der Waals surface area contributed by atoms with E-state index in [0.717, 1.165) is 42.4 Å². The maximum absolute atomic E-state index is 12.8. The van der Waals surface area contributed by atoms with Gasteiger partial charge in [-0.05, 0) is 74.9 Å². The number of carbonyl (C=O) groups excluding carboxylic acids is 1. The number of fused-ring (bicyclic) bond motifs is 1. The molecule has 128 valence electrons. The van der Waals surface area contributed by atoms with Gasteiger partial charge in [0.1, 0.15) is 0 Å². The third kappa shape index (κ3) is 4.21. The van der Waals surface area contributed by atoms with E-state index in [9.17, 15) is 4.79 Å². The number of aryl methyl sites for hydroxylation is 1. The zero-order chi connectivity index (χ0) is 16.8. The lowest BCUT2D eigenvalue weighted by Crippen LogP contribution is -2.28. The van der Waals surface area contributed by atoms with Gasteiger partial charge in [-0.2, -0.15) is 0 Å².